The fourth-order valence-corrected chi connectivity index (χ4v) is 3.02. The molecular formula is C15H18N6S. The van der Waals surface area contributed by atoms with Crippen molar-refractivity contribution in [3.8, 4) is 5.69 Å². The minimum atomic E-state index is -0.115. The molecule has 3 rings (SSSR count). The van der Waals surface area contributed by atoms with Crippen molar-refractivity contribution in [1.29, 1.82) is 0 Å². The summed E-state index contributed by atoms with van der Waals surface area (Å²) in [5, 5.41) is 17.0. The van der Waals surface area contributed by atoms with Gasteiger partial charge in [0.05, 0.1) is 11.2 Å². The van der Waals surface area contributed by atoms with E-state index in [9.17, 15) is 0 Å². The smallest absolute Gasteiger partial charge is 0.210 e. The zero-order chi connectivity index (χ0) is 15.6. The zero-order valence-electron chi connectivity index (χ0n) is 12.8. The molecule has 7 heteroatoms. The van der Waals surface area contributed by atoms with Crippen LogP contribution in [-0.4, -0.2) is 30.0 Å². The predicted molar refractivity (Wildman–Crippen MR) is 85.9 cm³/mol. The van der Waals surface area contributed by atoms with Gasteiger partial charge in [0.2, 0.25) is 5.16 Å². The summed E-state index contributed by atoms with van der Waals surface area (Å²) in [7, 11) is 0. The Morgan fingerprint density at radius 1 is 1.14 bits per heavy atom. The molecule has 0 saturated carbocycles. The number of hydrogen-bond donors (Lipinski definition) is 0. The van der Waals surface area contributed by atoms with Crippen LogP contribution in [0.2, 0.25) is 0 Å². The van der Waals surface area contributed by atoms with Crippen LogP contribution in [0.1, 0.15) is 26.3 Å². The third-order valence-corrected chi connectivity index (χ3v) is 4.14. The van der Waals surface area contributed by atoms with E-state index < -0.39 is 0 Å². The predicted octanol–water partition coefficient (Wildman–Crippen LogP) is 2.91. The van der Waals surface area contributed by atoms with Crippen LogP contribution in [0.25, 0.3) is 5.69 Å². The Balaban J connectivity index is 1.69. The second-order valence-electron chi connectivity index (χ2n) is 5.95. The second kappa shape index (κ2) is 5.92. The monoisotopic (exact) mass is 314 g/mol. The van der Waals surface area contributed by atoms with Gasteiger partial charge in [-0.2, -0.15) is 5.10 Å². The molecule has 0 fully saturated rings. The first-order valence-corrected chi connectivity index (χ1v) is 8.03. The Kier molecular flexibility index (Phi) is 3.98. The molecule has 0 amide bonds. The highest BCUT2D eigenvalue weighted by Gasteiger charge is 2.19. The van der Waals surface area contributed by atoms with E-state index >= 15 is 0 Å². The maximum absolute atomic E-state index is 4.22. The van der Waals surface area contributed by atoms with Crippen LogP contribution in [0.3, 0.4) is 0 Å². The molecule has 0 unspecified atom stereocenters. The molecule has 0 N–H and O–H groups in total. The van der Waals surface area contributed by atoms with Crippen LogP contribution in [0, 0.1) is 0 Å². The molecule has 1 aromatic carbocycles. The highest BCUT2D eigenvalue weighted by Crippen LogP contribution is 2.24. The molecule has 0 aliphatic carbocycles. The molecule has 3 aromatic rings. The molecular weight excluding hydrogens is 296 g/mol. The van der Waals surface area contributed by atoms with E-state index in [0.717, 1.165) is 16.6 Å². The Labute approximate surface area is 133 Å². The van der Waals surface area contributed by atoms with Gasteiger partial charge in [0, 0.05) is 18.1 Å². The van der Waals surface area contributed by atoms with Crippen molar-refractivity contribution in [2.75, 3.05) is 0 Å². The largest absolute Gasteiger partial charge is 0.241 e. The topological polar surface area (TPSA) is 61.4 Å². The van der Waals surface area contributed by atoms with Gasteiger partial charge >= 0.3 is 0 Å². The minimum Gasteiger partial charge on any atom is -0.241 e. The maximum atomic E-state index is 4.22. The molecule has 0 aliphatic heterocycles. The van der Waals surface area contributed by atoms with Gasteiger partial charge in [-0.15, -0.1) is 5.10 Å². The van der Waals surface area contributed by atoms with Gasteiger partial charge in [-0.25, -0.2) is 9.36 Å². The third kappa shape index (κ3) is 3.19. The molecule has 0 radical (unpaired) electrons. The van der Waals surface area contributed by atoms with E-state index in [1.807, 2.05) is 21.6 Å². The third-order valence-electron chi connectivity index (χ3n) is 3.15. The van der Waals surface area contributed by atoms with Crippen LogP contribution < -0.4 is 0 Å². The van der Waals surface area contributed by atoms with E-state index in [4.69, 9.17) is 0 Å². The molecule has 0 bridgehead atoms. The van der Waals surface area contributed by atoms with E-state index in [0.29, 0.717) is 0 Å². The Morgan fingerprint density at radius 3 is 2.55 bits per heavy atom. The molecule has 0 spiro atoms. The Bertz CT molecular complexity index is 724. The van der Waals surface area contributed by atoms with Gasteiger partial charge in [0.15, 0.2) is 0 Å². The van der Waals surface area contributed by atoms with Gasteiger partial charge in [0.25, 0.3) is 0 Å². The van der Waals surface area contributed by atoms with Crippen LogP contribution in [0.15, 0.2) is 47.9 Å². The standard InChI is InChI=1S/C15H18N6S/c1-15(2,3)21-14(17-18-19-21)22-11-12-5-7-13(8-6-12)20-10-4-9-16-20/h4-10H,11H2,1-3H3. The number of benzene rings is 1. The second-order valence-corrected chi connectivity index (χ2v) is 6.89. The van der Waals surface area contributed by atoms with Crippen LogP contribution in [0.5, 0.6) is 0 Å². The normalized spacial score (nSPS) is 11.8. The van der Waals surface area contributed by atoms with Crippen molar-refractivity contribution >= 4 is 11.8 Å². The number of nitrogens with zero attached hydrogens (tertiary/aromatic N) is 6. The molecule has 22 heavy (non-hydrogen) atoms. The first-order valence-electron chi connectivity index (χ1n) is 7.05. The number of tetrazole rings is 1. The number of rotatable bonds is 4. The van der Waals surface area contributed by atoms with E-state index in [1.54, 1.807) is 18.0 Å². The van der Waals surface area contributed by atoms with Gasteiger partial charge in [-0.05, 0) is 55.0 Å². The molecule has 6 nitrogen and oxygen atoms in total. The lowest BCUT2D eigenvalue weighted by atomic mass is 10.1. The fourth-order valence-electron chi connectivity index (χ4n) is 2.00. The number of aromatic nitrogens is 6. The average molecular weight is 314 g/mol. The summed E-state index contributed by atoms with van der Waals surface area (Å²) in [6, 6.07) is 10.3. The summed E-state index contributed by atoms with van der Waals surface area (Å²) >= 11 is 1.64. The first-order chi connectivity index (χ1) is 10.5. The Morgan fingerprint density at radius 2 is 1.91 bits per heavy atom. The average Bonchev–Trinajstić information content (AvgIpc) is 3.16. The van der Waals surface area contributed by atoms with E-state index in [-0.39, 0.29) is 5.54 Å². The van der Waals surface area contributed by atoms with Crippen LogP contribution >= 0.6 is 11.8 Å². The molecule has 2 heterocycles. The van der Waals surface area contributed by atoms with Crippen molar-refractivity contribution in [2.24, 2.45) is 0 Å². The molecule has 0 aliphatic rings. The highest BCUT2D eigenvalue weighted by molar-refractivity contribution is 7.98. The van der Waals surface area contributed by atoms with Crippen molar-refractivity contribution in [3.05, 3.63) is 48.3 Å². The summed E-state index contributed by atoms with van der Waals surface area (Å²) in [5.74, 6) is 0.829. The quantitative estimate of drug-likeness (QED) is 0.693. The van der Waals surface area contributed by atoms with Gasteiger partial charge < -0.3 is 0 Å². The fraction of sp³-hybridized carbons (Fsp3) is 0.333. The maximum Gasteiger partial charge on any atom is 0.210 e. The number of hydrogen-bond acceptors (Lipinski definition) is 5. The summed E-state index contributed by atoms with van der Waals surface area (Å²) < 4.78 is 3.70. The summed E-state index contributed by atoms with van der Waals surface area (Å²) in [4.78, 5) is 0. The molecule has 2 aromatic heterocycles. The minimum absolute atomic E-state index is 0.115. The lowest BCUT2D eigenvalue weighted by Gasteiger charge is -2.19. The summed E-state index contributed by atoms with van der Waals surface area (Å²) in [6.45, 7) is 6.27. The van der Waals surface area contributed by atoms with E-state index in [2.05, 4.69) is 65.7 Å². The highest BCUT2D eigenvalue weighted by atomic mass is 32.2. The summed E-state index contributed by atoms with van der Waals surface area (Å²) in [6.07, 6.45) is 3.71. The van der Waals surface area contributed by atoms with Crippen LogP contribution in [-0.2, 0) is 11.3 Å². The first kappa shape index (κ1) is 14.8. The lowest BCUT2D eigenvalue weighted by Crippen LogP contribution is -2.24. The molecule has 114 valence electrons. The van der Waals surface area contributed by atoms with E-state index in [1.165, 1.54) is 5.56 Å². The molecule has 0 saturated heterocycles. The zero-order valence-corrected chi connectivity index (χ0v) is 13.7. The van der Waals surface area contributed by atoms with Crippen molar-refractivity contribution in [2.45, 2.75) is 37.2 Å². The van der Waals surface area contributed by atoms with Gasteiger partial charge in [0.1, 0.15) is 0 Å². The van der Waals surface area contributed by atoms with Crippen LogP contribution in [0.4, 0.5) is 0 Å². The van der Waals surface area contributed by atoms with Gasteiger partial charge in [-0.1, -0.05) is 23.9 Å². The van der Waals surface area contributed by atoms with Crippen molar-refractivity contribution < 1.29 is 0 Å². The number of thioether (sulfide) groups is 1. The van der Waals surface area contributed by atoms with Crippen molar-refractivity contribution in [3.63, 3.8) is 0 Å². The lowest BCUT2D eigenvalue weighted by molar-refractivity contribution is 0.321. The van der Waals surface area contributed by atoms with Gasteiger partial charge in [-0.3, -0.25) is 0 Å². The molecule has 0 atom stereocenters. The summed E-state index contributed by atoms with van der Waals surface area (Å²) in [5.41, 5.74) is 2.16. The Hall–Kier alpha value is -2.15. The SMILES string of the molecule is CC(C)(C)n1nnnc1SCc1ccc(-n2cccn2)cc1. The van der Waals surface area contributed by atoms with Crippen molar-refractivity contribution in [1.82, 2.24) is 30.0 Å².